The molecule has 34 heavy (non-hydrogen) atoms. The summed E-state index contributed by atoms with van der Waals surface area (Å²) in [5.74, 6) is -0.706. The van der Waals surface area contributed by atoms with Crippen LogP contribution < -0.4 is 29.5 Å². The Morgan fingerprint density at radius 2 is 1.97 bits per heavy atom. The second-order valence-corrected chi connectivity index (χ2v) is 7.77. The number of amides is 1. The first-order valence-electron chi connectivity index (χ1n) is 10.1. The number of aromatic nitrogens is 1. The molecule has 184 valence electrons. The van der Waals surface area contributed by atoms with Crippen LogP contribution in [0.25, 0.3) is 11.6 Å². The minimum atomic E-state index is -3.02. The first-order chi connectivity index (χ1) is 16.4. The van der Waals surface area contributed by atoms with Crippen molar-refractivity contribution in [3.05, 3.63) is 43.3 Å². The maximum Gasteiger partial charge on any atom is 0.387 e. The number of nitrogens with one attached hydrogen (secondary N) is 1. The lowest BCUT2D eigenvalue weighted by molar-refractivity contribution is -0.115. The van der Waals surface area contributed by atoms with Crippen molar-refractivity contribution in [2.45, 2.75) is 19.6 Å². The SMILES string of the molecule is COCCCn1c(=O)/c(=C/c2ccc(OC(F)F)c(OC)c2)s/c1=C(/C#N)C(=O)NCCOC. The third-order valence-electron chi connectivity index (χ3n) is 4.48. The Morgan fingerprint density at radius 1 is 1.24 bits per heavy atom. The van der Waals surface area contributed by atoms with E-state index in [1.165, 1.54) is 50.2 Å². The van der Waals surface area contributed by atoms with Gasteiger partial charge in [0.1, 0.15) is 10.7 Å². The van der Waals surface area contributed by atoms with Crippen molar-refractivity contribution in [2.24, 2.45) is 0 Å². The van der Waals surface area contributed by atoms with E-state index >= 15 is 0 Å². The maximum atomic E-state index is 13.1. The monoisotopic (exact) mass is 497 g/mol. The highest BCUT2D eigenvalue weighted by molar-refractivity contribution is 7.07. The van der Waals surface area contributed by atoms with E-state index in [0.29, 0.717) is 18.6 Å². The fourth-order valence-corrected chi connectivity index (χ4v) is 4.07. The number of rotatable bonds is 12. The molecular weight excluding hydrogens is 472 g/mol. The molecule has 0 bridgehead atoms. The van der Waals surface area contributed by atoms with Crippen LogP contribution in [-0.4, -0.2) is 58.2 Å². The summed E-state index contributed by atoms with van der Waals surface area (Å²) in [6.45, 7) is -1.94. The third-order valence-corrected chi connectivity index (χ3v) is 5.61. The molecule has 0 spiro atoms. The lowest BCUT2D eigenvalue weighted by atomic mass is 10.2. The lowest BCUT2D eigenvalue weighted by Gasteiger charge is -2.09. The van der Waals surface area contributed by atoms with Gasteiger partial charge in [-0.1, -0.05) is 6.07 Å². The van der Waals surface area contributed by atoms with E-state index in [4.69, 9.17) is 14.2 Å². The van der Waals surface area contributed by atoms with E-state index < -0.39 is 18.1 Å². The van der Waals surface area contributed by atoms with E-state index in [1.54, 1.807) is 0 Å². The summed E-state index contributed by atoms with van der Waals surface area (Å²) in [4.78, 5) is 25.7. The van der Waals surface area contributed by atoms with Crippen LogP contribution in [-0.2, 0) is 20.8 Å². The summed E-state index contributed by atoms with van der Waals surface area (Å²) in [6, 6.07) is 6.12. The molecular formula is C22H25F2N3O6S. The Labute approximate surface area is 198 Å². The van der Waals surface area contributed by atoms with Crippen molar-refractivity contribution in [3.8, 4) is 17.6 Å². The number of methoxy groups -OCH3 is 3. The third kappa shape index (κ3) is 7.11. The summed E-state index contributed by atoms with van der Waals surface area (Å²) in [5.41, 5.74) is -0.121. The minimum absolute atomic E-state index is 0.0630. The number of alkyl halides is 2. The van der Waals surface area contributed by atoms with E-state index in [0.717, 1.165) is 11.3 Å². The van der Waals surface area contributed by atoms with Gasteiger partial charge in [0.2, 0.25) is 0 Å². The first kappa shape index (κ1) is 27.0. The van der Waals surface area contributed by atoms with Crippen LogP contribution in [0, 0.1) is 11.3 Å². The molecule has 0 radical (unpaired) electrons. The molecule has 0 aliphatic rings. The van der Waals surface area contributed by atoms with E-state index in [1.807, 2.05) is 6.07 Å². The molecule has 1 amide bonds. The summed E-state index contributed by atoms with van der Waals surface area (Å²) >= 11 is 0.978. The highest BCUT2D eigenvalue weighted by atomic mass is 32.1. The van der Waals surface area contributed by atoms with Gasteiger partial charge in [0.05, 0.1) is 18.2 Å². The van der Waals surface area contributed by atoms with Gasteiger partial charge in [0.15, 0.2) is 17.1 Å². The largest absolute Gasteiger partial charge is 0.493 e. The van der Waals surface area contributed by atoms with Gasteiger partial charge in [-0.25, -0.2) is 0 Å². The number of nitrogens with zero attached hydrogens (tertiary/aromatic N) is 2. The van der Waals surface area contributed by atoms with E-state index in [9.17, 15) is 23.6 Å². The van der Waals surface area contributed by atoms with Crippen molar-refractivity contribution >= 4 is 28.9 Å². The maximum absolute atomic E-state index is 13.1. The van der Waals surface area contributed by atoms with Gasteiger partial charge >= 0.3 is 6.61 Å². The number of carbonyl (C=O) groups is 1. The molecule has 1 aromatic heterocycles. The zero-order valence-corrected chi connectivity index (χ0v) is 19.7. The average Bonchev–Trinajstić information content (AvgIpc) is 3.10. The molecule has 0 atom stereocenters. The summed E-state index contributed by atoms with van der Waals surface area (Å²) < 4.78 is 46.4. The normalized spacial score (nSPS) is 12.4. The first-order valence-corrected chi connectivity index (χ1v) is 10.9. The zero-order chi connectivity index (χ0) is 25.1. The van der Waals surface area contributed by atoms with Crippen LogP contribution in [0.3, 0.4) is 0 Å². The number of nitriles is 1. The van der Waals surface area contributed by atoms with Gasteiger partial charge in [-0.15, -0.1) is 11.3 Å². The van der Waals surface area contributed by atoms with Gasteiger partial charge in [-0.3, -0.25) is 14.2 Å². The Hall–Kier alpha value is -3.27. The second-order valence-electron chi connectivity index (χ2n) is 6.74. The fraction of sp³-hybridized carbons (Fsp3) is 0.409. The molecule has 12 heteroatoms. The number of hydrogen-bond donors (Lipinski definition) is 1. The van der Waals surface area contributed by atoms with Crippen molar-refractivity contribution in [3.63, 3.8) is 0 Å². The molecule has 2 aromatic rings. The average molecular weight is 498 g/mol. The summed E-state index contributed by atoms with van der Waals surface area (Å²) in [5, 5.41) is 12.2. The van der Waals surface area contributed by atoms with Crippen molar-refractivity contribution in [2.75, 3.05) is 41.1 Å². The number of ether oxygens (including phenoxy) is 4. The van der Waals surface area contributed by atoms with Crippen LogP contribution in [0.5, 0.6) is 11.5 Å². The van der Waals surface area contributed by atoms with Crippen LogP contribution in [0.2, 0.25) is 0 Å². The highest BCUT2D eigenvalue weighted by Gasteiger charge is 2.16. The molecule has 0 aliphatic heterocycles. The zero-order valence-electron chi connectivity index (χ0n) is 18.9. The number of hydrogen-bond acceptors (Lipinski definition) is 8. The lowest BCUT2D eigenvalue weighted by Crippen LogP contribution is -2.35. The molecule has 1 N–H and O–H groups in total. The minimum Gasteiger partial charge on any atom is -0.493 e. The Kier molecular flexibility index (Phi) is 10.7. The number of halogens is 2. The topological polar surface area (TPSA) is 112 Å². The molecule has 2 rings (SSSR count). The summed E-state index contributed by atoms with van der Waals surface area (Å²) in [6.07, 6.45) is 2.01. The van der Waals surface area contributed by atoms with Gasteiger partial charge in [-0.05, 0) is 30.2 Å². The molecule has 0 fully saturated rings. The molecule has 0 saturated carbocycles. The van der Waals surface area contributed by atoms with Gasteiger partial charge < -0.3 is 24.3 Å². The van der Waals surface area contributed by atoms with Crippen LogP contribution in [0.1, 0.15) is 12.0 Å². The van der Waals surface area contributed by atoms with Gasteiger partial charge in [-0.2, -0.15) is 14.0 Å². The van der Waals surface area contributed by atoms with Crippen LogP contribution in [0.4, 0.5) is 8.78 Å². The Balaban J connectivity index is 2.62. The number of benzene rings is 1. The molecule has 0 unspecified atom stereocenters. The van der Waals surface area contributed by atoms with Gasteiger partial charge in [0, 0.05) is 33.9 Å². The highest BCUT2D eigenvalue weighted by Crippen LogP contribution is 2.29. The molecule has 0 aliphatic carbocycles. The number of carbonyl (C=O) groups excluding carboxylic acids is 1. The van der Waals surface area contributed by atoms with Gasteiger partial charge in [0.25, 0.3) is 11.5 Å². The predicted octanol–water partition coefficient (Wildman–Crippen LogP) is 0.822. The number of thiazole rings is 1. The molecule has 0 saturated heterocycles. The van der Waals surface area contributed by atoms with Crippen molar-refractivity contribution in [1.29, 1.82) is 5.26 Å². The van der Waals surface area contributed by atoms with Crippen LogP contribution >= 0.6 is 11.3 Å². The van der Waals surface area contributed by atoms with Crippen molar-refractivity contribution in [1.82, 2.24) is 9.88 Å². The second kappa shape index (κ2) is 13.4. The fourth-order valence-electron chi connectivity index (χ4n) is 2.94. The molecule has 1 heterocycles. The van der Waals surface area contributed by atoms with Crippen molar-refractivity contribution < 1.29 is 32.5 Å². The Morgan fingerprint density at radius 3 is 2.59 bits per heavy atom. The smallest absolute Gasteiger partial charge is 0.387 e. The van der Waals surface area contributed by atoms with E-state index in [2.05, 4.69) is 10.1 Å². The quantitative estimate of drug-likeness (QED) is 0.432. The molecule has 9 nitrogen and oxygen atoms in total. The summed E-state index contributed by atoms with van der Waals surface area (Å²) in [7, 11) is 4.32. The van der Waals surface area contributed by atoms with Crippen LogP contribution in [0.15, 0.2) is 23.0 Å². The standard InChI is InChI=1S/C22H25F2N3O6S/c1-30-9-4-8-27-20(29)18(34-21(27)15(13-25)19(28)26-7-10-31-2)12-14-5-6-16(33-22(23)24)17(11-14)32-3/h5-6,11-12,22H,4,7-10H2,1-3H3,(H,26,28)/b18-12-,21-15-. The Bertz CT molecular complexity index is 1200. The predicted molar refractivity (Wildman–Crippen MR) is 121 cm³/mol. The van der Waals surface area contributed by atoms with E-state index in [-0.39, 0.29) is 46.0 Å². The molecule has 1 aromatic carbocycles.